The predicted octanol–water partition coefficient (Wildman–Crippen LogP) is 1.43. The van der Waals surface area contributed by atoms with E-state index in [-0.39, 0.29) is 5.30 Å². The van der Waals surface area contributed by atoms with E-state index in [1.807, 2.05) is 0 Å². The van der Waals surface area contributed by atoms with Crippen LogP contribution in [0.1, 0.15) is 10.4 Å². The lowest BCUT2D eigenvalue weighted by molar-refractivity contribution is 0.108. The molecule has 0 aliphatic heterocycles. The Morgan fingerprint density at radius 2 is 1.83 bits per heavy atom. The summed E-state index contributed by atoms with van der Waals surface area (Å²) in [6, 6.07) is 5.62. The number of carbonyl (C=O) groups is 1. The van der Waals surface area contributed by atoms with Crippen LogP contribution in [-0.2, 0) is 4.57 Å². The van der Waals surface area contributed by atoms with Crippen LogP contribution in [0, 0.1) is 0 Å². The van der Waals surface area contributed by atoms with Gasteiger partial charge in [-0.25, -0.2) is 0 Å². The fraction of sp³-hybridized carbons (Fsp3) is 0. The Kier molecular flexibility index (Phi) is 2.93. The molecule has 1 rings (SSSR count). The molecular weight excluding hydrogens is 199 g/mol. The summed E-state index contributed by atoms with van der Waals surface area (Å²) in [5.74, 6) is 0. The maximum absolute atomic E-state index is 10.6. The van der Waals surface area contributed by atoms with Crippen LogP contribution in [0.4, 0.5) is 0 Å². The summed E-state index contributed by atoms with van der Waals surface area (Å²) in [6.07, 6.45) is 0. The van der Waals surface area contributed by atoms with Crippen LogP contribution in [-0.4, -0.2) is 10.1 Å². The highest BCUT2D eigenvalue weighted by molar-refractivity contribution is 7.47. The van der Waals surface area contributed by atoms with Gasteiger partial charge in [-0.15, -0.1) is 0 Å². The SMILES string of the molecule is O=C(Cl)c1ccc([P+](=O)O)cc1. The van der Waals surface area contributed by atoms with Gasteiger partial charge in [0.25, 0.3) is 5.24 Å². The molecule has 0 fully saturated rings. The molecule has 3 nitrogen and oxygen atoms in total. The lowest BCUT2D eigenvalue weighted by Crippen LogP contribution is -1.97. The Morgan fingerprint density at radius 1 is 1.33 bits per heavy atom. The van der Waals surface area contributed by atoms with Gasteiger partial charge in [0.1, 0.15) is 0 Å². The van der Waals surface area contributed by atoms with E-state index < -0.39 is 13.3 Å². The molecule has 1 aromatic rings. The van der Waals surface area contributed by atoms with Crippen LogP contribution in [0.15, 0.2) is 24.3 Å². The summed E-state index contributed by atoms with van der Waals surface area (Å²) in [7, 11) is -2.33. The Hall–Kier alpha value is -0.760. The van der Waals surface area contributed by atoms with E-state index >= 15 is 0 Å². The molecule has 1 N–H and O–H groups in total. The molecule has 1 unspecified atom stereocenters. The van der Waals surface area contributed by atoms with Gasteiger partial charge in [-0.3, -0.25) is 4.79 Å². The first kappa shape index (κ1) is 9.33. The van der Waals surface area contributed by atoms with Gasteiger partial charge < -0.3 is 0 Å². The second-order valence-electron chi connectivity index (χ2n) is 2.09. The average molecular weight is 204 g/mol. The van der Waals surface area contributed by atoms with Crippen molar-refractivity contribution in [2.75, 3.05) is 0 Å². The fourth-order valence-corrected chi connectivity index (χ4v) is 1.25. The highest BCUT2D eigenvalue weighted by Gasteiger charge is 2.15. The van der Waals surface area contributed by atoms with E-state index in [2.05, 4.69) is 0 Å². The first-order valence-electron chi connectivity index (χ1n) is 3.07. The van der Waals surface area contributed by atoms with Crippen LogP contribution in [0.2, 0.25) is 0 Å². The van der Waals surface area contributed by atoms with Crippen LogP contribution in [0.25, 0.3) is 0 Å². The summed E-state index contributed by atoms with van der Waals surface area (Å²) < 4.78 is 10.5. The minimum atomic E-state index is -2.33. The van der Waals surface area contributed by atoms with Crippen molar-refractivity contribution in [1.82, 2.24) is 0 Å². The van der Waals surface area contributed by atoms with E-state index in [1.54, 1.807) is 0 Å². The molecule has 0 saturated carbocycles. The maximum Gasteiger partial charge on any atom is 0.546 e. The number of hydrogen-bond donors (Lipinski definition) is 1. The van der Waals surface area contributed by atoms with E-state index in [0.29, 0.717) is 5.56 Å². The molecule has 1 atom stereocenters. The Bertz CT molecular complexity index is 287. The maximum atomic E-state index is 10.6. The van der Waals surface area contributed by atoms with Crippen molar-refractivity contribution in [2.24, 2.45) is 0 Å². The third-order valence-electron chi connectivity index (χ3n) is 1.32. The van der Waals surface area contributed by atoms with Gasteiger partial charge in [-0.1, -0.05) is 0 Å². The monoisotopic (exact) mass is 203 g/mol. The first-order valence-corrected chi connectivity index (χ1v) is 4.66. The van der Waals surface area contributed by atoms with Gasteiger partial charge in [0.15, 0.2) is 0 Å². The second-order valence-corrected chi connectivity index (χ2v) is 3.50. The zero-order chi connectivity index (χ0) is 9.14. The largest absolute Gasteiger partial charge is 0.546 e. The van der Waals surface area contributed by atoms with Crippen molar-refractivity contribution in [3.8, 4) is 0 Å². The lowest BCUT2D eigenvalue weighted by atomic mass is 10.2. The van der Waals surface area contributed by atoms with Crippen molar-refractivity contribution >= 4 is 30.2 Å². The van der Waals surface area contributed by atoms with Gasteiger partial charge >= 0.3 is 8.03 Å². The summed E-state index contributed by atoms with van der Waals surface area (Å²) in [4.78, 5) is 19.2. The number of carbonyl (C=O) groups excluding carboxylic acids is 1. The molecule has 0 aliphatic rings. The molecule has 1 aromatic carbocycles. The highest BCUT2D eigenvalue weighted by atomic mass is 35.5. The number of benzene rings is 1. The molecule has 5 heteroatoms. The molecule has 62 valence electrons. The first-order chi connectivity index (χ1) is 5.61. The van der Waals surface area contributed by atoms with Crippen LogP contribution in [0.3, 0.4) is 0 Å². The fourth-order valence-electron chi connectivity index (χ4n) is 0.720. The Balaban J connectivity index is 3.01. The zero-order valence-corrected chi connectivity index (χ0v) is 7.55. The molecule has 0 saturated heterocycles. The van der Waals surface area contributed by atoms with Crippen LogP contribution < -0.4 is 5.30 Å². The number of rotatable bonds is 2. The standard InChI is InChI=1S/C7H4ClO3P/c8-7(9)5-1-3-6(4-2-5)12(10)11/h1-4H/p+1. The summed E-state index contributed by atoms with van der Waals surface area (Å²) in [6.45, 7) is 0. The highest BCUT2D eigenvalue weighted by Crippen LogP contribution is 2.13. The van der Waals surface area contributed by atoms with Crippen LogP contribution >= 0.6 is 19.6 Å². The summed E-state index contributed by atoms with van der Waals surface area (Å²) in [5.41, 5.74) is 0.317. The van der Waals surface area contributed by atoms with Crippen molar-refractivity contribution in [2.45, 2.75) is 0 Å². The lowest BCUT2D eigenvalue weighted by Gasteiger charge is -1.89. The topological polar surface area (TPSA) is 54.4 Å². The molecule has 0 amide bonds. The molecule has 0 bridgehead atoms. The minimum absolute atomic E-state index is 0.284. The molecule has 0 aliphatic carbocycles. The smallest absolute Gasteiger partial charge is 0.276 e. The van der Waals surface area contributed by atoms with Gasteiger partial charge in [0.2, 0.25) is 5.30 Å². The average Bonchev–Trinajstić information content (AvgIpc) is 2.04. The molecule has 0 radical (unpaired) electrons. The van der Waals surface area contributed by atoms with E-state index in [9.17, 15) is 9.36 Å². The Labute approximate surface area is 74.8 Å². The molecule has 0 aromatic heterocycles. The third kappa shape index (κ3) is 2.11. The van der Waals surface area contributed by atoms with Crippen molar-refractivity contribution < 1.29 is 14.3 Å². The van der Waals surface area contributed by atoms with Gasteiger partial charge in [0.05, 0.1) is 0 Å². The summed E-state index contributed by atoms with van der Waals surface area (Å²) in [5, 5.41) is -0.290. The van der Waals surface area contributed by atoms with Crippen LogP contribution in [0.5, 0.6) is 0 Å². The minimum Gasteiger partial charge on any atom is -0.276 e. The number of halogens is 1. The van der Waals surface area contributed by atoms with Gasteiger partial charge in [-0.05, 0) is 40.4 Å². The quantitative estimate of drug-likeness (QED) is 0.584. The van der Waals surface area contributed by atoms with E-state index in [0.717, 1.165) is 0 Å². The van der Waals surface area contributed by atoms with Gasteiger partial charge in [-0.2, -0.15) is 4.89 Å². The van der Waals surface area contributed by atoms with Crippen molar-refractivity contribution in [3.63, 3.8) is 0 Å². The summed E-state index contributed by atoms with van der Waals surface area (Å²) >= 11 is 5.16. The second kappa shape index (κ2) is 3.76. The molecular formula is C7H5ClO3P+. The van der Waals surface area contributed by atoms with Gasteiger partial charge in [0, 0.05) is 5.56 Å². The number of hydrogen-bond acceptors (Lipinski definition) is 2. The van der Waals surface area contributed by atoms with E-state index in [1.165, 1.54) is 24.3 Å². The third-order valence-corrected chi connectivity index (χ3v) is 2.27. The predicted molar refractivity (Wildman–Crippen MR) is 46.1 cm³/mol. The van der Waals surface area contributed by atoms with E-state index in [4.69, 9.17) is 16.5 Å². The Morgan fingerprint density at radius 3 is 2.17 bits per heavy atom. The van der Waals surface area contributed by atoms with Crippen molar-refractivity contribution in [3.05, 3.63) is 29.8 Å². The molecule has 12 heavy (non-hydrogen) atoms. The van der Waals surface area contributed by atoms with Crippen molar-refractivity contribution in [1.29, 1.82) is 0 Å². The molecule has 0 spiro atoms. The normalized spacial score (nSPS) is 11.0. The molecule has 0 heterocycles. The zero-order valence-electron chi connectivity index (χ0n) is 5.90.